The van der Waals surface area contributed by atoms with Crippen LogP contribution in [0.2, 0.25) is 5.02 Å². The Labute approximate surface area is 199 Å². The van der Waals surface area contributed by atoms with Gasteiger partial charge in [-0.1, -0.05) is 17.7 Å². The second-order valence-corrected chi connectivity index (χ2v) is 7.67. The van der Waals surface area contributed by atoms with Gasteiger partial charge in [0.15, 0.2) is 17.4 Å². The van der Waals surface area contributed by atoms with Crippen LogP contribution in [0, 0.1) is 11.6 Å². The summed E-state index contributed by atoms with van der Waals surface area (Å²) in [6.07, 6.45) is 4.70. The lowest BCUT2D eigenvalue weighted by atomic mass is 9.99. The first-order chi connectivity index (χ1) is 16.5. The third kappa shape index (κ3) is 5.20. The summed E-state index contributed by atoms with van der Waals surface area (Å²) in [5, 5.41) is 3.12. The molecule has 0 saturated heterocycles. The molecule has 1 atom stereocenters. The fourth-order valence-electron chi connectivity index (χ4n) is 3.46. The van der Waals surface area contributed by atoms with Crippen LogP contribution >= 0.6 is 11.6 Å². The Balaban J connectivity index is 1.82. The molecule has 1 unspecified atom stereocenters. The van der Waals surface area contributed by atoms with Crippen LogP contribution in [0.5, 0.6) is 0 Å². The molecular weight excluding hydrogens is 466 g/mol. The van der Waals surface area contributed by atoms with Crippen molar-refractivity contribution in [2.75, 3.05) is 7.11 Å². The zero-order valence-corrected chi connectivity index (χ0v) is 18.7. The molecule has 0 radical (unpaired) electrons. The third-order valence-corrected chi connectivity index (χ3v) is 5.41. The molecule has 3 aromatic rings. The minimum atomic E-state index is -0.989. The van der Waals surface area contributed by atoms with E-state index in [0.29, 0.717) is 24.1 Å². The number of nitrogens with one attached hydrogen (secondary N) is 1. The molecule has 0 fully saturated rings. The van der Waals surface area contributed by atoms with Crippen LogP contribution in [-0.2, 0) is 15.9 Å². The number of aliphatic imine (C=N–C) groups is 1. The maximum absolute atomic E-state index is 14.6. The highest BCUT2D eigenvalue weighted by atomic mass is 35.5. The van der Waals surface area contributed by atoms with E-state index in [1.54, 1.807) is 12.4 Å². The van der Waals surface area contributed by atoms with E-state index < -0.39 is 23.8 Å². The zero-order valence-electron chi connectivity index (χ0n) is 18.0. The smallest absolute Gasteiger partial charge is 0.437 e. The largest absolute Gasteiger partial charge is 0.513 e. The van der Waals surface area contributed by atoms with Crippen LogP contribution < -0.4 is 5.32 Å². The van der Waals surface area contributed by atoms with E-state index in [-0.39, 0.29) is 22.3 Å². The minimum absolute atomic E-state index is 0.0238. The lowest BCUT2D eigenvalue weighted by Crippen LogP contribution is -2.34. The summed E-state index contributed by atoms with van der Waals surface area (Å²) in [7, 11) is 1.17. The molecule has 34 heavy (non-hydrogen) atoms. The van der Waals surface area contributed by atoms with Crippen LogP contribution in [0.1, 0.15) is 29.3 Å². The van der Waals surface area contributed by atoms with E-state index in [4.69, 9.17) is 16.3 Å². The first-order valence-electron chi connectivity index (χ1n) is 10.2. The molecule has 0 saturated carbocycles. The number of benzene rings is 1. The van der Waals surface area contributed by atoms with E-state index in [9.17, 15) is 13.6 Å². The number of carbonyl (C=O) groups excluding carboxylic acids is 1. The molecule has 3 heterocycles. The van der Waals surface area contributed by atoms with Gasteiger partial charge in [0.05, 0.1) is 12.8 Å². The molecule has 7 nitrogen and oxygen atoms in total. The summed E-state index contributed by atoms with van der Waals surface area (Å²) in [6.45, 7) is 0. The summed E-state index contributed by atoms with van der Waals surface area (Å²) in [5.41, 5.74) is 1.76. The van der Waals surface area contributed by atoms with Gasteiger partial charge in [-0.2, -0.15) is 0 Å². The van der Waals surface area contributed by atoms with Crippen molar-refractivity contribution in [1.29, 1.82) is 0 Å². The van der Waals surface area contributed by atoms with Crippen molar-refractivity contribution >= 4 is 23.6 Å². The van der Waals surface area contributed by atoms with Crippen LogP contribution in [0.3, 0.4) is 0 Å². The molecule has 0 aliphatic carbocycles. The van der Waals surface area contributed by atoms with Gasteiger partial charge in [-0.25, -0.2) is 23.6 Å². The van der Waals surface area contributed by atoms with Gasteiger partial charge < -0.3 is 14.8 Å². The fraction of sp³-hybridized carbons (Fsp3) is 0.167. The van der Waals surface area contributed by atoms with Gasteiger partial charge in [-0.15, -0.1) is 0 Å². The molecule has 0 spiro atoms. The van der Waals surface area contributed by atoms with E-state index in [2.05, 4.69) is 25.0 Å². The number of hydrogen-bond acceptors (Lipinski definition) is 7. The van der Waals surface area contributed by atoms with Crippen LogP contribution in [0.15, 0.2) is 77.5 Å². The standard InChI is InChI=1S/C24H19ClF2N4O3/c1-33-24(32)34-22-19(7-4-14-8-11-28-12-9-14)30-23(21-18(27)3-2-10-29-21)31-20(22)16-6-5-15(26)13-17(16)25/h2-3,5-6,8-13,20H,4,7H2,1H3,(H,30,31). The number of methoxy groups -OCH3 is 1. The van der Waals surface area contributed by atoms with Gasteiger partial charge in [-0.05, 0) is 54.8 Å². The van der Waals surface area contributed by atoms with Gasteiger partial charge in [0.25, 0.3) is 0 Å². The number of halogens is 3. The highest BCUT2D eigenvalue weighted by Gasteiger charge is 2.32. The summed E-state index contributed by atoms with van der Waals surface area (Å²) in [6, 6.07) is 9.21. The number of rotatable bonds is 6. The molecule has 10 heteroatoms. The van der Waals surface area contributed by atoms with E-state index in [1.165, 1.54) is 37.6 Å². The second-order valence-electron chi connectivity index (χ2n) is 7.26. The molecule has 0 amide bonds. The number of amidine groups is 1. The molecule has 2 aromatic heterocycles. The van der Waals surface area contributed by atoms with Gasteiger partial charge in [-0.3, -0.25) is 4.98 Å². The molecule has 0 bridgehead atoms. The molecule has 4 rings (SSSR count). The molecular formula is C24H19ClF2N4O3. The number of aryl methyl sites for hydroxylation is 1. The number of pyridine rings is 2. The van der Waals surface area contributed by atoms with Crippen molar-refractivity contribution in [2.24, 2.45) is 4.99 Å². The van der Waals surface area contributed by atoms with Crippen LogP contribution in [0.25, 0.3) is 0 Å². The lowest BCUT2D eigenvalue weighted by Gasteiger charge is -2.28. The summed E-state index contributed by atoms with van der Waals surface area (Å²) in [5.74, 6) is -0.913. The molecule has 1 aromatic carbocycles. The van der Waals surface area contributed by atoms with E-state index >= 15 is 0 Å². The van der Waals surface area contributed by atoms with Crippen LogP contribution in [-0.4, -0.2) is 29.1 Å². The van der Waals surface area contributed by atoms with Crippen molar-refractivity contribution in [3.8, 4) is 0 Å². The van der Waals surface area contributed by atoms with Gasteiger partial charge in [0.1, 0.15) is 17.6 Å². The number of nitrogens with zero attached hydrogens (tertiary/aromatic N) is 3. The highest BCUT2D eigenvalue weighted by molar-refractivity contribution is 6.31. The Morgan fingerprint density at radius 1 is 1.12 bits per heavy atom. The average Bonchev–Trinajstić information content (AvgIpc) is 2.84. The van der Waals surface area contributed by atoms with Crippen molar-refractivity contribution in [3.63, 3.8) is 0 Å². The topological polar surface area (TPSA) is 85.7 Å². The van der Waals surface area contributed by atoms with E-state index in [0.717, 1.165) is 11.6 Å². The second kappa shape index (κ2) is 10.4. The maximum atomic E-state index is 14.6. The van der Waals surface area contributed by atoms with Crippen molar-refractivity contribution in [3.05, 3.63) is 106 Å². The third-order valence-electron chi connectivity index (χ3n) is 5.09. The predicted octanol–water partition coefficient (Wildman–Crippen LogP) is 5.13. The monoisotopic (exact) mass is 484 g/mol. The Kier molecular flexibility index (Phi) is 7.12. The Hall–Kier alpha value is -3.85. The number of hydrogen-bond donors (Lipinski definition) is 1. The maximum Gasteiger partial charge on any atom is 0.513 e. The summed E-state index contributed by atoms with van der Waals surface area (Å²) < 4.78 is 38.5. The normalized spacial score (nSPS) is 15.4. The number of ether oxygens (including phenoxy) is 2. The SMILES string of the molecule is COC(=O)OC1=C(CCc2ccncc2)NC(c2ncccc2F)=NC1c1ccc(F)cc1Cl. The zero-order chi connectivity index (χ0) is 24.1. The Bertz CT molecular complexity index is 1270. The first-order valence-corrected chi connectivity index (χ1v) is 10.6. The average molecular weight is 485 g/mol. The van der Waals surface area contributed by atoms with E-state index in [1.807, 2.05) is 12.1 Å². The summed E-state index contributed by atoms with van der Waals surface area (Å²) in [4.78, 5) is 24.7. The predicted molar refractivity (Wildman–Crippen MR) is 121 cm³/mol. The number of carbonyl (C=O) groups is 1. The Morgan fingerprint density at radius 2 is 1.91 bits per heavy atom. The number of aromatic nitrogens is 2. The van der Waals surface area contributed by atoms with Gasteiger partial charge in [0, 0.05) is 29.2 Å². The summed E-state index contributed by atoms with van der Waals surface area (Å²) >= 11 is 6.32. The van der Waals surface area contributed by atoms with Crippen molar-refractivity contribution in [1.82, 2.24) is 15.3 Å². The fourth-order valence-corrected chi connectivity index (χ4v) is 3.73. The van der Waals surface area contributed by atoms with Crippen molar-refractivity contribution in [2.45, 2.75) is 18.9 Å². The minimum Gasteiger partial charge on any atom is -0.437 e. The van der Waals surface area contributed by atoms with Crippen molar-refractivity contribution < 1.29 is 23.0 Å². The van der Waals surface area contributed by atoms with Gasteiger partial charge in [0.2, 0.25) is 0 Å². The van der Waals surface area contributed by atoms with Crippen LogP contribution in [0.4, 0.5) is 13.6 Å². The molecule has 174 valence electrons. The van der Waals surface area contributed by atoms with Gasteiger partial charge >= 0.3 is 6.16 Å². The first kappa shape index (κ1) is 23.3. The number of allylic oxidation sites excluding steroid dienone is 1. The molecule has 1 aliphatic rings. The highest BCUT2D eigenvalue weighted by Crippen LogP contribution is 2.37. The molecule has 1 aliphatic heterocycles. The Morgan fingerprint density at radius 3 is 2.62 bits per heavy atom. The molecule has 1 N–H and O–H groups in total. The quantitative estimate of drug-likeness (QED) is 0.488. The lowest BCUT2D eigenvalue weighted by molar-refractivity contribution is 0.0910.